The van der Waals surface area contributed by atoms with Gasteiger partial charge in [0.15, 0.2) is 6.29 Å². The summed E-state index contributed by atoms with van der Waals surface area (Å²) in [6, 6.07) is 7.91. The lowest BCUT2D eigenvalue weighted by atomic mass is 10.1. The molecule has 1 aromatic heterocycles. The van der Waals surface area contributed by atoms with E-state index in [0.29, 0.717) is 17.1 Å². The maximum Gasteiger partial charge on any atom is 0.156 e. The fraction of sp³-hybridized carbons (Fsp3) is 0.200. The van der Waals surface area contributed by atoms with Gasteiger partial charge in [-0.2, -0.15) is 5.10 Å². The van der Waals surface area contributed by atoms with Crippen LogP contribution in [0.2, 0.25) is 0 Å². The van der Waals surface area contributed by atoms with Crippen molar-refractivity contribution >= 4 is 12.1 Å². The number of nitrogens with two attached hydrogens (primary N) is 1. The van der Waals surface area contributed by atoms with Gasteiger partial charge in [0.2, 0.25) is 0 Å². The maximum atomic E-state index is 11.2. The molecule has 96 valence electrons. The number of terminal acetylenes is 1. The number of carbonyl (C=O) groups excluding carboxylic acids is 1. The number of rotatable bonds is 4. The van der Waals surface area contributed by atoms with E-state index in [-0.39, 0.29) is 6.54 Å². The summed E-state index contributed by atoms with van der Waals surface area (Å²) in [6.45, 7) is 2.34. The van der Waals surface area contributed by atoms with Gasteiger partial charge in [0, 0.05) is 5.56 Å². The first-order valence-electron chi connectivity index (χ1n) is 6.05. The van der Waals surface area contributed by atoms with Gasteiger partial charge in [0.05, 0.1) is 5.56 Å². The number of nitrogens with zero attached hydrogens (tertiary/aromatic N) is 2. The van der Waals surface area contributed by atoms with Gasteiger partial charge in [0.1, 0.15) is 18.1 Å². The molecule has 4 nitrogen and oxygen atoms in total. The SMILES string of the molecule is C#CCn1nc(-c2ccc(CC)cc2)c(C=O)c1N. The summed E-state index contributed by atoms with van der Waals surface area (Å²) in [5.74, 6) is 2.77. The van der Waals surface area contributed by atoms with Crippen LogP contribution >= 0.6 is 0 Å². The van der Waals surface area contributed by atoms with Crippen molar-refractivity contribution in [2.24, 2.45) is 0 Å². The number of hydrogen-bond donors (Lipinski definition) is 1. The fourth-order valence-corrected chi connectivity index (χ4v) is 1.92. The number of benzene rings is 1. The Balaban J connectivity index is 2.51. The Bertz CT molecular complexity index is 633. The molecule has 0 aliphatic carbocycles. The zero-order valence-corrected chi connectivity index (χ0v) is 10.8. The summed E-state index contributed by atoms with van der Waals surface area (Å²) in [5.41, 5.74) is 8.92. The Morgan fingerprint density at radius 2 is 2.11 bits per heavy atom. The molecule has 1 heterocycles. The highest BCUT2D eigenvalue weighted by atomic mass is 16.1. The van der Waals surface area contributed by atoms with E-state index in [9.17, 15) is 4.79 Å². The molecule has 0 fully saturated rings. The minimum absolute atomic E-state index is 0.250. The van der Waals surface area contributed by atoms with Gasteiger partial charge in [0.25, 0.3) is 0 Å². The predicted molar refractivity (Wildman–Crippen MR) is 75.7 cm³/mol. The molecule has 4 heteroatoms. The number of aryl methyl sites for hydroxylation is 1. The van der Waals surface area contributed by atoms with Crippen molar-refractivity contribution < 1.29 is 4.79 Å². The van der Waals surface area contributed by atoms with Gasteiger partial charge in [-0.3, -0.25) is 4.79 Å². The molecule has 0 amide bonds. The molecule has 0 aliphatic heterocycles. The molecule has 0 saturated carbocycles. The summed E-state index contributed by atoms with van der Waals surface area (Å²) in [6.07, 6.45) is 6.94. The van der Waals surface area contributed by atoms with E-state index in [1.54, 1.807) is 0 Å². The number of anilines is 1. The minimum atomic E-state index is 0.250. The monoisotopic (exact) mass is 253 g/mol. The smallest absolute Gasteiger partial charge is 0.156 e. The van der Waals surface area contributed by atoms with Crippen LogP contribution in [0.15, 0.2) is 24.3 Å². The molecule has 19 heavy (non-hydrogen) atoms. The first-order chi connectivity index (χ1) is 9.21. The second-order valence-corrected chi connectivity index (χ2v) is 4.18. The van der Waals surface area contributed by atoms with Crippen molar-refractivity contribution in [3.8, 4) is 23.6 Å². The molecule has 2 aromatic rings. The third-order valence-corrected chi connectivity index (χ3v) is 3.02. The third-order valence-electron chi connectivity index (χ3n) is 3.02. The fourth-order valence-electron chi connectivity index (χ4n) is 1.92. The normalized spacial score (nSPS) is 10.1. The van der Waals surface area contributed by atoms with Gasteiger partial charge < -0.3 is 5.73 Å². The second kappa shape index (κ2) is 5.40. The van der Waals surface area contributed by atoms with Gasteiger partial charge in [-0.1, -0.05) is 37.1 Å². The van der Waals surface area contributed by atoms with Crippen molar-refractivity contribution in [3.05, 3.63) is 35.4 Å². The highest BCUT2D eigenvalue weighted by Gasteiger charge is 2.15. The predicted octanol–water partition coefficient (Wildman–Crippen LogP) is 2.14. The van der Waals surface area contributed by atoms with E-state index < -0.39 is 0 Å². The van der Waals surface area contributed by atoms with Crippen LogP contribution in [-0.4, -0.2) is 16.1 Å². The van der Waals surface area contributed by atoms with Crippen LogP contribution in [0, 0.1) is 12.3 Å². The molecule has 0 aliphatic rings. The Morgan fingerprint density at radius 1 is 1.42 bits per heavy atom. The Morgan fingerprint density at radius 3 is 2.63 bits per heavy atom. The van der Waals surface area contributed by atoms with Gasteiger partial charge in [-0.05, 0) is 12.0 Å². The van der Waals surface area contributed by atoms with Gasteiger partial charge in [-0.25, -0.2) is 4.68 Å². The second-order valence-electron chi connectivity index (χ2n) is 4.18. The molecule has 0 bridgehead atoms. The zero-order chi connectivity index (χ0) is 13.8. The van der Waals surface area contributed by atoms with E-state index in [1.165, 1.54) is 10.2 Å². The van der Waals surface area contributed by atoms with E-state index in [2.05, 4.69) is 17.9 Å². The topological polar surface area (TPSA) is 60.9 Å². The number of nitrogen functional groups attached to an aromatic ring is 1. The summed E-state index contributed by atoms with van der Waals surface area (Å²) in [5, 5.41) is 4.31. The number of hydrogen-bond acceptors (Lipinski definition) is 3. The van der Waals surface area contributed by atoms with Crippen molar-refractivity contribution in [1.82, 2.24) is 9.78 Å². The number of carbonyl (C=O) groups is 1. The Kier molecular flexibility index (Phi) is 3.67. The highest BCUT2D eigenvalue weighted by Crippen LogP contribution is 2.26. The zero-order valence-electron chi connectivity index (χ0n) is 10.8. The van der Waals surface area contributed by atoms with Crippen molar-refractivity contribution in [3.63, 3.8) is 0 Å². The van der Waals surface area contributed by atoms with Gasteiger partial charge in [-0.15, -0.1) is 6.42 Å². The quantitative estimate of drug-likeness (QED) is 0.670. The average molecular weight is 253 g/mol. The van der Waals surface area contributed by atoms with Crippen LogP contribution < -0.4 is 5.73 Å². The van der Waals surface area contributed by atoms with Crippen molar-refractivity contribution in [1.29, 1.82) is 0 Å². The average Bonchev–Trinajstić information content (AvgIpc) is 2.76. The molecule has 2 N–H and O–H groups in total. The highest BCUT2D eigenvalue weighted by molar-refractivity contribution is 5.91. The molecule has 1 aromatic carbocycles. The lowest BCUT2D eigenvalue weighted by Crippen LogP contribution is -2.03. The molecule has 0 spiro atoms. The molecule has 0 saturated heterocycles. The molecule has 2 rings (SSSR count). The summed E-state index contributed by atoms with van der Waals surface area (Å²) in [7, 11) is 0. The third kappa shape index (κ3) is 2.36. The summed E-state index contributed by atoms with van der Waals surface area (Å²) < 4.78 is 1.47. The largest absolute Gasteiger partial charge is 0.383 e. The molecule has 0 radical (unpaired) electrons. The first-order valence-corrected chi connectivity index (χ1v) is 6.05. The molecular formula is C15H15N3O. The van der Waals surface area contributed by atoms with Crippen LogP contribution in [0.5, 0.6) is 0 Å². The molecule has 0 unspecified atom stereocenters. The number of aldehydes is 1. The van der Waals surface area contributed by atoms with Crippen LogP contribution in [0.25, 0.3) is 11.3 Å². The lowest BCUT2D eigenvalue weighted by Gasteiger charge is -2.00. The summed E-state index contributed by atoms with van der Waals surface area (Å²) >= 11 is 0. The van der Waals surface area contributed by atoms with Crippen LogP contribution in [-0.2, 0) is 13.0 Å². The van der Waals surface area contributed by atoms with Gasteiger partial charge >= 0.3 is 0 Å². The van der Waals surface area contributed by atoms with Crippen molar-refractivity contribution in [2.45, 2.75) is 19.9 Å². The standard InChI is InChI=1S/C15H15N3O/c1-3-9-18-15(16)13(10-19)14(17-18)12-7-5-11(4-2)6-8-12/h1,5-8,10H,4,9,16H2,2H3. The van der Waals surface area contributed by atoms with E-state index >= 15 is 0 Å². The molecule has 0 atom stereocenters. The number of aromatic nitrogens is 2. The van der Waals surface area contributed by atoms with E-state index in [0.717, 1.165) is 18.3 Å². The van der Waals surface area contributed by atoms with Crippen molar-refractivity contribution in [2.75, 3.05) is 5.73 Å². The molecular weight excluding hydrogens is 238 g/mol. The van der Waals surface area contributed by atoms with Crippen LogP contribution in [0.3, 0.4) is 0 Å². The summed E-state index contributed by atoms with van der Waals surface area (Å²) in [4.78, 5) is 11.2. The maximum absolute atomic E-state index is 11.2. The first kappa shape index (κ1) is 12.9. The van der Waals surface area contributed by atoms with E-state index in [1.807, 2.05) is 24.3 Å². The lowest BCUT2D eigenvalue weighted by molar-refractivity contribution is 0.112. The van der Waals surface area contributed by atoms with Crippen LogP contribution in [0.1, 0.15) is 22.8 Å². The Hall–Kier alpha value is -2.54. The van der Waals surface area contributed by atoms with E-state index in [4.69, 9.17) is 12.2 Å². The Labute approximate surface area is 112 Å². The minimum Gasteiger partial charge on any atom is -0.383 e. The van der Waals surface area contributed by atoms with Crippen LogP contribution in [0.4, 0.5) is 5.82 Å².